The summed E-state index contributed by atoms with van der Waals surface area (Å²) in [6.45, 7) is 0. The van der Waals surface area contributed by atoms with E-state index in [4.69, 9.17) is 5.73 Å². The van der Waals surface area contributed by atoms with Crippen LogP contribution in [0.3, 0.4) is 0 Å². The molecule has 2 aromatic rings. The van der Waals surface area contributed by atoms with E-state index in [1.165, 1.54) is 24.2 Å². The van der Waals surface area contributed by atoms with E-state index in [9.17, 15) is 4.39 Å². The van der Waals surface area contributed by atoms with Crippen LogP contribution in [-0.4, -0.2) is 20.9 Å². The molecule has 1 aliphatic heterocycles. The van der Waals surface area contributed by atoms with Crippen LogP contribution in [0.1, 0.15) is 18.0 Å². The number of aliphatic imine (C=N–C) groups is 1. The summed E-state index contributed by atoms with van der Waals surface area (Å²) < 4.78 is 14.0. The van der Waals surface area contributed by atoms with Crippen LogP contribution >= 0.6 is 11.8 Å². The predicted octanol–water partition coefficient (Wildman–Crippen LogP) is 2.78. The third-order valence-corrected chi connectivity index (χ3v) is 4.01. The van der Waals surface area contributed by atoms with E-state index < -0.39 is 0 Å². The molecule has 0 saturated heterocycles. The average Bonchev–Trinajstić information content (AvgIpc) is 2.48. The van der Waals surface area contributed by atoms with Crippen molar-refractivity contribution in [2.45, 2.75) is 12.5 Å². The largest absolute Gasteiger partial charge is 0.379 e. The predicted molar refractivity (Wildman–Crippen MR) is 78.9 cm³/mol. The van der Waals surface area contributed by atoms with Gasteiger partial charge in [0.25, 0.3) is 0 Å². The zero-order chi connectivity index (χ0) is 13.9. The van der Waals surface area contributed by atoms with Gasteiger partial charge in [-0.15, -0.1) is 0 Å². The third kappa shape index (κ3) is 2.65. The monoisotopic (exact) mass is 288 g/mol. The number of nitrogens with zero attached hydrogens (tertiary/aromatic N) is 3. The highest BCUT2D eigenvalue weighted by Gasteiger charge is 2.20. The summed E-state index contributed by atoms with van der Waals surface area (Å²) in [7, 11) is 0. The molecule has 4 nitrogen and oxygen atoms in total. The van der Waals surface area contributed by atoms with Crippen molar-refractivity contribution in [2.24, 2.45) is 10.7 Å². The SMILES string of the molecule is NC1=NC(c2cc(-c3cncnc3)ccc2F)CCS1. The highest BCUT2D eigenvalue weighted by Crippen LogP contribution is 2.32. The number of amidine groups is 1. The fraction of sp³-hybridized carbons (Fsp3) is 0.214. The van der Waals surface area contributed by atoms with E-state index in [-0.39, 0.29) is 11.9 Å². The fourth-order valence-electron chi connectivity index (χ4n) is 2.18. The van der Waals surface area contributed by atoms with Crippen molar-refractivity contribution in [2.75, 3.05) is 5.75 Å². The topological polar surface area (TPSA) is 64.2 Å². The van der Waals surface area contributed by atoms with Gasteiger partial charge in [0, 0.05) is 29.3 Å². The molecule has 2 N–H and O–H groups in total. The van der Waals surface area contributed by atoms with E-state index in [2.05, 4.69) is 15.0 Å². The Bertz CT molecular complexity index is 645. The normalized spacial score (nSPS) is 18.6. The molecule has 1 aromatic heterocycles. The second kappa shape index (κ2) is 5.58. The lowest BCUT2D eigenvalue weighted by molar-refractivity contribution is 0.577. The van der Waals surface area contributed by atoms with Gasteiger partial charge in [0.1, 0.15) is 12.1 Å². The minimum atomic E-state index is -0.251. The summed E-state index contributed by atoms with van der Waals surface area (Å²) in [5.41, 5.74) is 8.05. The number of rotatable bonds is 2. The molecule has 0 spiro atoms. The van der Waals surface area contributed by atoms with Crippen LogP contribution in [0.25, 0.3) is 11.1 Å². The van der Waals surface area contributed by atoms with E-state index in [1.807, 2.05) is 6.07 Å². The molecule has 2 heterocycles. The molecule has 0 radical (unpaired) electrons. The molecule has 0 fully saturated rings. The van der Waals surface area contributed by atoms with Crippen LogP contribution in [0.5, 0.6) is 0 Å². The number of benzene rings is 1. The lowest BCUT2D eigenvalue weighted by Crippen LogP contribution is -2.16. The van der Waals surface area contributed by atoms with Crippen LogP contribution in [0.2, 0.25) is 0 Å². The lowest BCUT2D eigenvalue weighted by Gasteiger charge is -2.19. The van der Waals surface area contributed by atoms with Crippen LogP contribution < -0.4 is 5.73 Å². The first-order valence-electron chi connectivity index (χ1n) is 6.25. The molecule has 1 aliphatic rings. The van der Waals surface area contributed by atoms with Crippen molar-refractivity contribution in [3.8, 4) is 11.1 Å². The summed E-state index contributed by atoms with van der Waals surface area (Å²) in [5, 5.41) is 0.522. The first-order chi connectivity index (χ1) is 9.74. The first-order valence-corrected chi connectivity index (χ1v) is 7.23. The Morgan fingerprint density at radius 1 is 1.20 bits per heavy atom. The maximum Gasteiger partial charge on any atom is 0.154 e. The lowest BCUT2D eigenvalue weighted by atomic mass is 9.99. The number of nitrogens with two attached hydrogens (primary N) is 1. The van der Waals surface area contributed by atoms with Crippen molar-refractivity contribution >= 4 is 16.9 Å². The summed E-state index contributed by atoms with van der Waals surface area (Å²) >= 11 is 1.51. The van der Waals surface area contributed by atoms with Gasteiger partial charge >= 0.3 is 0 Å². The number of hydrogen-bond acceptors (Lipinski definition) is 5. The minimum absolute atomic E-state index is 0.208. The quantitative estimate of drug-likeness (QED) is 0.923. The summed E-state index contributed by atoms with van der Waals surface area (Å²) in [6, 6.07) is 4.79. The Labute approximate surface area is 120 Å². The average molecular weight is 288 g/mol. The maximum atomic E-state index is 14.0. The van der Waals surface area contributed by atoms with Gasteiger partial charge in [-0.1, -0.05) is 17.8 Å². The molecule has 0 amide bonds. The van der Waals surface area contributed by atoms with Gasteiger partial charge < -0.3 is 5.73 Å². The molecular weight excluding hydrogens is 275 g/mol. The molecule has 102 valence electrons. The van der Waals surface area contributed by atoms with Crippen molar-refractivity contribution in [3.05, 3.63) is 48.3 Å². The number of halogens is 1. The number of hydrogen-bond donors (Lipinski definition) is 1. The molecule has 0 bridgehead atoms. The van der Waals surface area contributed by atoms with Crippen molar-refractivity contribution in [1.82, 2.24) is 9.97 Å². The fourth-order valence-corrected chi connectivity index (χ4v) is 2.93. The van der Waals surface area contributed by atoms with Gasteiger partial charge in [0.2, 0.25) is 0 Å². The summed E-state index contributed by atoms with van der Waals surface area (Å²) in [6.07, 6.45) is 5.67. The molecule has 1 unspecified atom stereocenters. The zero-order valence-corrected chi connectivity index (χ0v) is 11.5. The standard InChI is InChI=1S/C14H13FN4S/c15-12-2-1-9(10-6-17-8-18-7-10)5-11(12)13-3-4-20-14(16)19-13/h1-2,5-8,13H,3-4H2,(H2,16,19). The van der Waals surface area contributed by atoms with E-state index in [0.29, 0.717) is 10.7 Å². The van der Waals surface area contributed by atoms with Crippen molar-refractivity contribution < 1.29 is 4.39 Å². The zero-order valence-electron chi connectivity index (χ0n) is 10.7. The highest BCUT2D eigenvalue weighted by molar-refractivity contribution is 8.13. The molecule has 6 heteroatoms. The Morgan fingerprint density at radius 3 is 2.75 bits per heavy atom. The Kier molecular flexibility index (Phi) is 3.64. The Morgan fingerprint density at radius 2 is 2.00 bits per heavy atom. The molecule has 3 rings (SSSR count). The smallest absolute Gasteiger partial charge is 0.154 e. The van der Waals surface area contributed by atoms with Crippen molar-refractivity contribution in [1.29, 1.82) is 0 Å². The summed E-state index contributed by atoms with van der Waals surface area (Å²) in [5.74, 6) is 0.608. The summed E-state index contributed by atoms with van der Waals surface area (Å²) in [4.78, 5) is 12.3. The third-order valence-electron chi connectivity index (χ3n) is 3.17. The highest BCUT2D eigenvalue weighted by atomic mass is 32.2. The molecule has 1 aromatic carbocycles. The molecule has 0 aliphatic carbocycles. The van der Waals surface area contributed by atoms with E-state index in [0.717, 1.165) is 23.3 Å². The molecular formula is C14H13FN4S. The van der Waals surface area contributed by atoms with Crippen molar-refractivity contribution in [3.63, 3.8) is 0 Å². The number of thioether (sulfide) groups is 1. The Balaban J connectivity index is 2.01. The maximum absolute atomic E-state index is 14.0. The minimum Gasteiger partial charge on any atom is -0.379 e. The van der Waals surface area contributed by atoms with Gasteiger partial charge in [-0.25, -0.2) is 14.4 Å². The van der Waals surface area contributed by atoms with Crippen LogP contribution in [-0.2, 0) is 0 Å². The van der Waals surface area contributed by atoms with Gasteiger partial charge in [-0.3, -0.25) is 4.99 Å². The molecule has 0 saturated carbocycles. The second-order valence-corrected chi connectivity index (χ2v) is 5.60. The Hall–Kier alpha value is -1.95. The van der Waals surface area contributed by atoms with E-state index in [1.54, 1.807) is 18.5 Å². The number of aromatic nitrogens is 2. The first kappa shape index (κ1) is 13.1. The second-order valence-electron chi connectivity index (χ2n) is 4.48. The van der Waals surface area contributed by atoms with Crippen LogP contribution in [0.15, 0.2) is 41.9 Å². The van der Waals surface area contributed by atoms with Gasteiger partial charge in [-0.05, 0) is 24.1 Å². The van der Waals surface area contributed by atoms with Gasteiger partial charge in [0.05, 0.1) is 6.04 Å². The van der Waals surface area contributed by atoms with Gasteiger partial charge in [0.15, 0.2) is 5.17 Å². The van der Waals surface area contributed by atoms with Gasteiger partial charge in [-0.2, -0.15) is 0 Å². The van der Waals surface area contributed by atoms with Crippen LogP contribution in [0.4, 0.5) is 4.39 Å². The van der Waals surface area contributed by atoms with Crippen LogP contribution in [0, 0.1) is 5.82 Å². The molecule has 1 atom stereocenters. The molecule has 20 heavy (non-hydrogen) atoms. The van der Waals surface area contributed by atoms with E-state index >= 15 is 0 Å².